The third-order valence-corrected chi connectivity index (χ3v) is 3.14. The van der Waals surface area contributed by atoms with Crippen LogP contribution >= 0.6 is 11.3 Å². The molecule has 1 aromatic rings. The molecule has 4 heteroatoms. The van der Waals surface area contributed by atoms with Crippen molar-refractivity contribution in [3.05, 3.63) is 22.4 Å². The first-order chi connectivity index (χ1) is 7.63. The first-order valence-corrected chi connectivity index (χ1v) is 6.39. The van der Waals surface area contributed by atoms with Crippen molar-refractivity contribution in [3.8, 4) is 0 Å². The van der Waals surface area contributed by atoms with Gasteiger partial charge in [0, 0.05) is 18.0 Å². The molecule has 0 aromatic carbocycles. The standard InChI is InChI=1S/C12H19NO2S/c1-4-15-12(14)10(2)8-13(3)9-11-6-5-7-16-11/h5-7,10H,4,8-9H2,1-3H3. The Bertz CT molecular complexity index is 311. The molecular formula is C12H19NO2S. The highest BCUT2D eigenvalue weighted by atomic mass is 32.1. The van der Waals surface area contributed by atoms with Crippen LogP contribution in [0.1, 0.15) is 18.7 Å². The van der Waals surface area contributed by atoms with Crippen LogP contribution in [0.3, 0.4) is 0 Å². The van der Waals surface area contributed by atoms with Crippen LogP contribution < -0.4 is 0 Å². The van der Waals surface area contributed by atoms with E-state index in [2.05, 4.69) is 16.3 Å². The van der Waals surface area contributed by atoms with Crippen LogP contribution in [0, 0.1) is 5.92 Å². The largest absolute Gasteiger partial charge is 0.466 e. The van der Waals surface area contributed by atoms with Gasteiger partial charge in [-0.15, -0.1) is 11.3 Å². The Morgan fingerprint density at radius 1 is 1.62 bits per heavy atom. The number of nitrogens with zero attached hydrogens (tertiary/aromatic N) is 1. The summed E-state index contributed by atoms with van der Waals surface area (Å²) in [5, 5.41) is 2.07. The monoisotopic (exact) mass is 241 g/mol. The molecule has 1 rings (SSSR count). The van der Waals surface area contributed by atoms with Gasteiger partial charge in [-0.1, -0.05) is 13.0 Å². The van der Waals surface area contributed by atoms with Gasteiger partial charge in [0.2, 0.25) is 0 Å². The summed E-state index contributed by atoms with van der Waals surface area (Å²) in [6.45, 7) is 5.82. The predicted octanol–water partition coefficient (Wildman–Crippen LogP) is 2.38. The molecule has 16 heavy (non-hydrogen) atoms. The van der Waals surface area contributed by atoms with Crippen LogP contribution in [0.15, 0.2) is 17.5 Å². The fourth-order valence-corrected chi connectivity index (χ4v) is 2.34. The minimum absolute atomic E-state index is 0.0649. The van der Waals surface area contributed by atoms with E-state index in [1.54, 1.807) is 11.3 Å². The molecule has 3 nitrogen and oxygen atoms in total. The molecule has 0 aliphatic rings. The maximum atomic E-state index is 11.4. The minimum Gasteiger partial charge on any atom is -0.466 e. The van der Waals surface area contributed by atoms with E-state index in [0.29, 0.717) is 6.61 Å². The first-order valence-electron chi connectivity index (χ1n) is 5.51. The van der Waals surface area contributed by atoms with Gasteiger partial charge < -0.3 is 9.64 Å². The second kappa shape index (κ2) is 6.66. The average molecular weight is 241 g/mol. The van der Waals surface area contributed by atoms with E-state index in [1.807, 2.05) is 27.0 Å². The fraction of sp³-hybridized carbons (Fsp3) is 0.583. The second-order valence-corrected chi connectivity index (χ2v) is 4.96. The van der Waals surface area contributed by atoms with Gasteiger partial charge in [-0.2, -0.15) is 0 Å². The van der Waals surface area contributed by atoms with Crippen LogP contribution in [0.2, 0.25) is 0 Å². The number of ether oxygens (including phenoxy) is 1. The Balaban J connectivity index is 2.33. The van der Waals surface area contributed by atoms with Gasteiger partial charge in [-0.05, 0) is 25.4 Å². The molecule has 90 valence electrons. The number of hydrogen-bond donors (Lipinski definition) is 0. The number of carbonyl (C=O) groups is 1. The number of rotatable bonds is 6. The zero-order chi connectivity index (χ0) is 12.0. The van der Waals surface area contributed by atoms with Crippen molar-refractivity contribution in [2.75, 3.05) is 20.2 Å². The van der Waals surface area contributed by atoms with Gasteiger partial charge >= 0.3 is 5.97 Å². The van der Waals surface area contributed by atoms with Crippen LogP contribution in [0.25, 0.3) is 0 Å². The number of thiophene rings is 1. The number of esters is 1. The third kappa shape index (κ3) is 4.33. The van der Waals surface area contributed by atoms with E-state index in [9.17, 15) is 4.79 Å². The lowest BCUT2D eigenvalue weighted by molar-refractivity contribution is -0.147. The van der Waals surface area contributed by atoms with Crippen molar-refractivity contribution < 1.29 is 9.53 Å². The Morgan fingerprint density at radius 2 is 2.38 bits per heavy atom. The van der Waals surface area contributed by atoms with E-state index >= 15 is 0 Å². The highest BCUT2D eigenvalue weighted by Crippen LogP contribution is 2.12. The zero-order valence-electron chi connectivity index (χ0n) is 10.1. The van der Waals surface area contributed by atoms with E-state index in [0.717, 1.165) is 13.1 Å². The fourth-order valence-electron chi connectivity index (χ4n) is 1.56. The molecule has 1 aromatic heterocycles. The van der Waals surface area contributed by atoms with Crippen molar-refractivity contribution in [2.45, 2.75) is 20.4 Å². The Hall–Kier alpha value is -0.870. The van der Waals surface area contributed by atoms with Gasteiger partial charge in [0.1, 0.15) is 0 Å². The molecule has 1 atom stereocenters. The van der Waals surface area contributed by atoms with Gasteiger partial charge in [-0.25, -0.2) is 0 Å². The first kappa shape index (κ1) is 13.2. The maximum absolute atomic E-state index is 11.4. The summed E-state index contributed by atoms with van der Waals surface area (Å²) in [5.41, 5.74) is 0. The summed E-state index contributed by atoms with van der Waals surface area (Å²) in [7, 11) is 2.02. The van der Waals surface area contributed by atoms with E-state index in [4.69, 9.17) is 4.74 Å². The molecule has 0 aliphatic heterocycles. The normalized spacial score (nSPS) is 12.8. The molecule has 0 saturated carbocycles. The molecule has 0 amide bonds. The smallest absolute Gasteiger partial charge is 0.309 e. The summed E-state index contributed by atoms with van der Waals surface area (Å²) in [6, 6.07) is 4.15. The van der Waals surface area contributed by atoms with Crippen LogP contribution in [-0.4, -0.2) is 31.1 Å². The molecule has 0 spiro atoms. The molecule has 0 fully saturated rings. The number of carbonyl (C=O) groups excluding carboxylic acids is 1. The van der Waals surface area contributed by atoms with Crippen LogP contribution in [0.4, 0.5) is 0 Å². The van der Waals surface area contributed by atoms with E-state index in [1.165, 1.54) is 4.88 Å². The molecule has 1 unspecified atom stereocenters. The van der Waals surface area contributed by atoms with Gasteiger partial charge in [0.25, 0.3) is 0 Å². The molecule has 0 bridgehead atoms. The molecule has 0 aliphatic carbocycles. The Kier molecular flexibility index (Phi) is 5.49. The zero-order valence-corrected chi connectivity index (χ0v) is 10.9. The van der Waals surface area contributed by atoms with E-state index in [-0.39, 0.29) is 11.9 Å². The summed E-state index contributed by atoms with van der Waals surface area (Å²) in [6.07, 6.45) is 0. The summed E-state index contributed by atoms with van der Waals surface area (Å²) >= 11 is 1.74. The highest BCUT2D eigenvalue weighted by molar-refractivity contribution is 7.09. The highest BCUT2D eigenvalue weighted by Gasteiger charge is 2.16. The Morgan fingerprint density at radius 3 is 2.94 bits per heavy atom. The predicted molar refractivity (Wildman–Crippen MR) is 66.5 cm³/mol. The summed E-state index contributed by atoms with van der Waals surface area (Å²) < 4.78 is 4.98. The lowest BCUT2D eigenvalue weighted by Crippen LogP contribution is -2.29. The van der Waals surface area contributed by atoms with Crippen molar-refractivity contribution in [2.24, 2.45) is 5.92 Å². The minimum atomic E-state index is -0.111. The lowest BCUT2D eigenvalue weighted by atomic mass is 10.2. The molecule has 1 heterocycles. The van der Waals surface area contributed by atoms with Crippen LogP contribution in [-0.2, 0) is 16.1 Å². The summed E-state index contributed by atoms with van der Waals surface area (Å²) in [4.78, 5) is 14.9. The van der Waals surface area contributed by atoms with Gasteiger partial charge in [0.05, 0.1) is 12.5 Å². The number of hydrogen-bond acceptors (Lipinski definition) is 4. The molecular weight excluding hydrogens is 222 g/mol. The molecule has 0 radical (unpaired) electrons. The second-order valence-electron chi connectivity index (χ2n) is 3.93. The average Bonchev–Trinajstić information content (AvgIpc) is 2.70. The third-order valence-electron chi connectivity index (χ3n) is 2.28. The lowest BCUT2D eigenvalue weighted by Gasteiger charge is -2.19. The van der Waals surface area contributed by atoms with Crippen LogP contribution in [0.5, 0.6) is 0 Å². The maximum Gasteiger partial charge on any atom is 0.309 e. The topological polar surface area (TPSA) is 29.5 Å². The van der Waals surface area contributed by atoms with Crippen molar-refractivity contribution in [3.63, 3.8) is 0 Å². The van der Waals surface area contributed by atoms with Crippen molar-refractivity contribution in [1.29, 1.82) is 0 Å². The molecule has 0 N–H and O–H groups in total. The molecule has 0 saturated heterocycles. The van der Waals surface area contributed by atoms with E-state index < -0.39 is 0 Å². The quantitative estimate of drug-likeness (QED) is 0.716. The van der Waals surface area contributed by atoms with Gasteiger partial charge in [-0.3, -0.25) is 4.79 Å². The summed E-state index contributed by atoms with van der Waals surface area (Å²) in [5.74, 6) is -0.176. The van der Waals surface area contributed by atoms with Gasteiger partial charge in [0.15, 0.2) is 0 Å². The van der Waals surface area contributed by atoms with Crippen molar-refractivity contribution >= 4 is 17.3 Å². The Labute approximate surface area is 101 Å². The SMILES string of the molecule is CCOC(=O)C(C)CN(C)Cc1cccs1. The van der Waals surface area contributed by atoms with Crippen molar-refractivity contribution in [1.82, 2.24) is 4.90 Å².